The van der Waals surface area contributed by atoms with Crippen molar-refractivity contribution in [1.82, 2.24) is 25.1 Å². The third-order valence-electron chi connectivity index (χ3n) is 3.22. The molecule has 2 heterocycles. The molecule has 1 N–H and O–H groups in total. The minimum absolute atomic E-state index is 0.641. The number of hydrogen-bond acceptors (Lipinski definition) is 4. The second-order valence-corrected chi connectivity index (χ2v) is 5.58. The summed E-state index contributed by atoms with van der Waals surface area (Å²) in [6.07, 6.45) is 1.69. The average Bonchev–Trinajstić information content (AvgIpc) is 2.90. The summed E-state index contributed by atoms with van der Waals surface area (Å²) in [6.45, 7) is 10.3. The zero-order valence-electron chi connectivity index (χ0n) is 13.4. The fraction of sp³-hybridized carbons (Fsp3) is 0.562. The Labute approximate surface area is 126 Å². The lowest BCUT2D eigenvalue weighted by atomic mass is 10.2. The van der Waals surface area contributed by atoms with Gasteiger partial charge in [-0.15, -0.1) is 5.10 Å². The van der Waals surface area contributed by atoms with E-state index in [4.69, 9.17) is 4.98 Å². The van der Waals surface area contributed by atoms with Gasteiger partial charge in [-0.1, -0.05) is 33.8 Å². The Balaban J connectivity index is 2.18. The van der Waals surface area contributed by atoms with Crippen molar-refractivity contribution in [3.8, 4) is 5.82 Å². The molecule has 0 amide bonds. The van der Waals surface area contributed by atoms with E-state index in [2.05, 4.69) is 43.1 Å². The molecule has 0 bridgehead atoms. The van der Waals surface area contributed by atoms with Gasteiger partial charge in [-0.3, -0.25) is 0 Å². The van der Waals surface area contributed by atoms with Crippen molar-refractivity contribution in [2.75, 3.05) is 6.54 Å². The van der Waals surface area contributed by atoms with Crippen LogP contribution in [0.2, 0.25) is 0 Å². The molecule has 0 aliphatic heterocycles. The summed E-state index contributed by atoms with van der Waals surface area (Å²) in [5.41, 5.74) is 1.03. The number of pyridine rings is 1. The number of nitrogens with zero attached hydrogens (tertiary/aromatic N) is 4. The quantitative estimate of drug-likeness (QED) is 0.850. The molecular weight excluding hydrogens is 262 g/mol. The maximum absolute atomic E-state index is 4.69. The predicted octanol–water partition coefficient (Wildman–Crippen LogP) is 2.53. The maximum Gasteiger partial charge on any atom is 0.155 e. The van der Waals surface area contributed by atoms with E-state index in [0.29, 0.717) is 5.92 Å². The fourth-order valence-electron chi connectivity index (χ4n) is 2.13. The second kappa shape index (κ2) is 7.31. The molecule has 0 saturated heterocycles. The molecule has 2 aromatic rings. The summed E-state index contributed by atoms with van der Waals surface area (Å²) in [4.78, 5) is 9.23. The van der Waals surface area contributed by atoms with E-state index in [1.54, 1.807) is 0 Å². The lowest BCUT2D eigenvalue weighted by Crippen LogP contribution is -2.20. The molecule has 0 spiro atoms. The highest BCUT2D eigenvalue weighted by Gasteiger charge is 2.10. The third kappa shape index (κ3) is 4.11. The molecule has 0 aromatic carbocycles. The highest BCUT2D eigenvalue weighted by Crippen LogP contribution is 2.10. The first-order valence-corrected chi connectivity index (χ1v) is 7.75. The van der Waals surface area contributed by atoms with Gasteiger partial charge >= 0.3 is 0 Å². The summed E-state index contributed by atoms with van der Waals surface area (Å²) in [5.74, 6) is 3.33. The monoisotopic (exact) mass is 287 g/mol. The topological polar surface area (TPSA) is 55.6 Å². The third-order valence-corrected chi connectivity index (χ3v) is 3.22. The Morgan fingerprint density at radius 3 is 2.62 bits per heavy atom. The van der Waals surface area contributed by atoms with Crippen molar-refractivity contribution in [3.63, 3.8) is 0 Å². The first kappa shape index (κ1) is 15.6. The molecule has 0 saturated carbocycles. The lowest BCUT2D eigenvalue weighted by molar-refractivity contribution is 0.547. The minimum atomic E-state index is 0.641. The Kier molecular flexibility index (Phi) is 5.44. The summed E-state index contributed by atoms with van der Waals surface area (Å²) >= 11 is 0. The van der Waals surface area contributed by atoms with Crippen molar-refractivity contribution < 1.29 is 0 Å². The summed E-state index contributed by atoms with van der Waals surface area (Å²) < 4.78 is 1.87. The molecule has 5 nitrogen and oxygen atoms in total. The largest absolute Gasteiger partial charge is 0.311 e. The molecule has 0 atom stereocenters. The zero-order valence-corrected chi connectivity index (χ0v) is 13.4. The summed E-state index contributed by atoms with van der Waals surface area (Å²) in [7, 11) is 0. The number of rotatable bonds is 7. The summed E-state index contributed by atoms with van der Waals surface area (Å²) in [6, 6.07) is 6.06. The minimum Gasteiger partial charge on any atom is -0.311 e. The maximum atomic E-state index is 4.69. The molecule has 0 aliphatic rings. The van der Waals surface area contributed by atoms with E-state index in [-0.39, 0.29) is 0 Å². The number of aryl methyl sites for hydroxylation is 2. The van der Waals surface area contributed by atoms with E-state index in [9.17, 15) is 0 Å². The van der Waals surface area contributed by atoms with Crippen molar-refractivity contribution in [2.24, 2.45) is 5.92 Å². The van der Waals surface area contributed by atoms with Crippen LogP contribution >= 0.6 is 0 Å². The van der Waals surface area contributed by atoms with Crippen LogP contribution in [0.25, 0.3) is 5.82 Å². The van der Waals surface area contributed by atoms with Crippen LogP contribution in [0.3, 0.4) is 0 Å². The van der Waals surface area contributed by atoms with Crippen molar-refractivity contribution in [1.29, 1.82) is 0 Å². The SMILES string of the molecule is CCc1nc(CC)n(-c2cccc(CNCC(C)C)n2)n1. The van der Waals surface area contributed by atoms with Gasteiger partial charge in [-0.05, 0) is 24.6 Å². The molecule has 5 heteroatoms. The molecule has 0 unspecified atom stereocenters. The van der Waals surface area contributed by atoms with Crippen molar-refractivity contribution in [3.05, 3.63) is 35.5 Å². The Bertz CT molecular complexity index is 574. The van der Waals surface area contributed by atoms with E-state index in [0.717, 1.165) is 49.1 Å². The van der Waals surface area contributed by atoms with E-state index >= 15 is 0 Å². The van der Waals surface area contributed by atoms with Gasteiger partial charge in [0.15, 0.2) is 11.6 Å². The van der Waals surface area contributed by atoms with Crippen LogP contribution in [-0.2, 0) is 19.4 Å². The first-order valence-electron chi connectivity index (χ1n) is 7.75. The Hall–Kier alpha value is -1.75. The van der Waals surface area contributed by atoms with Gasteiger partial charge in [0.1, 0.15) is 5.82 Å². The molecule has 0 aliphatic carbocycles. The number of hydrogen-bond donors (Lipinski definition) is 1. The molecule has 2 rings (SSSR count). The van der Waals surface area contributed by atoms with Crippen LogP contribution in [0.1, 0.15) is 45.0 Å². The zero-order chi connectivity index (χ0) is 15.2. The van der Waals surface area contributed by atoms with Gasteiger partial charge in [0.2, 0.25) is 0 Å². The van der Waals surface area contributed by atoms with E-state index in [1.165, 1.54) is 0 Å². The standard InChI is InChI=1S/C16H25N5/c1-5-14-19-15(6-2)21(20-14)16-9-7-8-13(18-16)11-17-10-12(3)4/h7-9,12,17H,5-6,10-11H2,1-4H3. The Morgan fingerprint density at radius 1 is 1.14 bits per heavy atom. The van der Waals surface area contributed by atoms with Crippen LogP contribution in [0.4, 0.5) is 0 Å². The highest BCUT2D eigenvalue weighted by atomic mass is 15.4. The molecule has 114 valence electrons. The highest BCUT2D eigenvalue weighted by molar-refractivity contribution is 5.25. The normalized spacial score (nSPS) is 11.3. The summed E-state index contributed by atoms with van der Waals surface area (Å²) in [5, 5.41) is 7.96. The molecule has 21 heavy (non-hydrogen) atoms. The van der Waals surface area contributed by atoms with Gasteiger partial charge in [0.25, 0.3) is 0 Å². The van der Waals surface area contributed by atoms with Gasteiger partial charge < -0.3 is 5.32 Å². The first-order chi connectivity index (χ1) is 10.1. The second-order valence-electron chi connectivity index (χ2n) is 5.58. The van der Waals surface area contributed by atoms with Crippen LogP contribution in [-0.4, -0.2) is 26.3 Å². The van der Waals surface area contributed by atoms with Gasteiger partial charge in [-0.25, -0.2) is 9.97 Å². The Morgan fingerprint density at radius 2 is 1.95 bits per heavy atom. The van der Waals surface area contributed by atoms with E-state index in [1.807, 2.05) is 22.9 Å². The van der Waals surface area contributed by atoms with E-state index < -0.39 is 0 Å². The van der Waals surface area contributed by atoms with Gasteiger partial charge in [0.05, 0.1) is 5.69 Å². The number of aromatic nitrogens is 4. The average molecular weight is 287 g/mol. The van der Waals surface area contributed by atoms with Crippen LogP contribution < -0.4 is 5.32 Å². The number of nitrogens with one attached hydrogen (secondary N) is 1. The molecule has 0 radical (unpaired) electrons. The van der Waals surface area contributed by atoms with Crippen LogP contribution in [0.15, 0.2) is 18.2 Å². The fourth-order valence-corrected chi connectivity index (χ4v) is 2.13. The molecular formula is C16H25N5. The van der Waals surface area contributed by atoms with Crippen LogP contribution in [0.5, 0.6) is 0 Å². The molecule has 2 aromatic heterocycles. The van der Waals surface area contributed by atoms with Gasteiger partial charge in [-0.2, -0.15) is 4.68 Å². The molecule has 0 fully saturated rings. The lowest BCUT2D eigenvalue weighted by Gasteiger charge is -2.09. The van der Waals surface area contributed by atoms with Crippen molar-refractivity contribution >= 4 is 0 Å². The van der Waals surface area contributed by atoms with Gasteiger partial charge in [0, 0.05) is 19.4 Å². The van der Waals surface area contributed by atoms with Crippen LogP contribution in [0, 0.1) is 5.92 Å². The predicted molar refractivity (Wildman–Crippen MR) is 84.5 cm³/mol. The van der Waals surface area contributed by atoms with Crippen molar-refractivity contribution in [2.45, 2.75) is 47.1 Å². The smallest absolute Gasteiger partial charge is 0.155 e.